The largest absolute Gasteiger partial charge is 0.422 e. The highest BCUT2D eigenvalue weighted by Crippen LogP contribution is 2.22. The second-order valence-electron chi connectivity index (χ2n) is 6.43. The number of nitrogens with one attached hydrogen (secondary N) is 2. The molecule has 1 aliphatic heterocycles. The van der Waals surface area contributed by atoms with Gasteiger partial charge in [0, 0.05) is 17.0 Å². The van der Waals surface area contributed by atoms with Crippen molar-refractivity contribution in [3.63, 3.8) is 0 Å². The van der Waals surface area contributed by atoms with Gasteiger partial charge in [-0.2, -0.15) is 0 Å². The van der Waals surface area contributed by atoms with Crippen molar-refractivity contribution in [3.05, 3.63) is 45.3 Å². The first-order valence-corrected chi connectivity index (χ1v) is 7.72. The van der Waals surface area contributed by atoms with Gasteiger partial charge in [0.05, 0.1) is 7.05 Å². The van der Waals surface area contributed by atoms with Crippen LogP contribution in [0, 0.1) is 13.8 Å². The van der Waals surface area contributed by atoms with Crippen LogP contribution >= 0.6 is 0 Å². The van der Waals surface area contributed by atoms with Crippen LogP contribution in [0.2, 0.25) is 0 Å². The molecule has 4 heteroatoms. The molecule has 21 heavy (non-hydrogen) atoms. The van der Waals surface area contributed by atoms with E-state index in [4.69, 9.17) is 4.42 Å². The lowest BCUT2D eigenvalue weighted by molar-refractivity contribution is -1.01. The Labute approximate surface area is 125 Å². The van der Waals surface area contributed by atoms with E-state index in [0.29, 0.717) is 0 Å². The van der Waals surface area contributed by atoms with Crippen LogP contribution in [-0.4, -0.2) is 33.2 Å². The van der Waals surface area contributed by atoms with Gasteiger partial charge < -0.3 is 14.2 Å². The summed E-state index contributed by atoms with van der Waals surface area (Å²) in [6, 6.07) is 5.89. The van der Waals surface area contributed by atoms with Crippen LogP contribution in [-0.2, 0) is 6.54 Å². The molecule has 112 valence electrons. The van der Waals surface area contributed by atoms with Crippen LogP contribution in [0.15, 0.2) is 27.4 Å². The Bertz CT molecular complexity index is 713. The van der Waals surface area contributed by atoms with Gasteiger partial charge >= 0.3 is 5.63 Å². The van der Waals surface area contributed by atoms with Crippen LogP contribution in [0.4, 0.5) is 0 Å². The molecule has 1 fully saturated rings. The molecule has 0 atom stereocenters. The van der Waals surface area contributed by atoms with E-state index in [1.165, 1.54) is 31.7 Å². The Balaban J connectivity index is 1.99. The number of piperazine rings is 1. The predicted molar refractivity (Wildman–Crippen MR) is 83.0 cm³/mol. The van der Waals surface area contributed by atoms with Gasteiger partial charge in [0.15, 0.2) is 0 Å². The van der Waals surface area contributed by atoms with Crippen LogP contribution < -0.4 is 15.4 Å². The lowest BCUT2D eigenvalue weighted by Crippen LogP contribution is -3.26. The van der Waals surface area contributed by atoms with Gasteiger partial charge in [0.2, 0.25) is 0 Å². The number of hydrogen-bond acceptors (Lipinski definition) is 2. The Morgan fingerprint density at radius 1 is 1.10 bits per heavy atom. The maximum Gasteiger partial charge on any atom is 0.336 e. The molecular weight excluding hydrogens is 264 g/mol. The topological polar surface area (TPSA) is 39.1 Å². The molecule has 3 rings (SSSR count). The summed E-state index contributed by atoms with van der Waals surface area (Å²) in [5.74, 6) is 0. The van der Waals surface area contributed by atoms with Crippen LogP contribution in [0.1, 0.15) is 16.7 Å². The zero-order valence-electron chi connectivity index (χ0n) is 13.1. The van der Waals surface area contributed by atoms with Gasteiger partial charge in [-0.15, -0.1) is 0 Å². The van der Waals surface area contributed by atoms with Crippen molar-refractivity contribution in [1.29, 1.82) is 0 Å². The minimum absolute atomic E-state index is 0.233. The molecule has 0 unspecified atom stereocenters. The Hall–Kier alpha value is -1.65. The van der Waals surface area contributed by atoms with Crippen molar-refractivity contribution in [1.82, 2.24) is 0 Å². The summed E-state index contributed by atoms with van der Waals surface area (Å²) in [5.41, 5.74) is 3.91. The van der Waals surface area contributed by atoms with E-state index < -0.39 is 0 Å². The molecule has 4 nitrogen and oxygen atoms in total. The molecule has 1 saturated heterocycles. The molecule has 2 heterocycles. The summed E-state index contributed by atoms with van der Waals surface area (Å²) in [4.78, 5) is 15.0. The average Bonchev–Trinajstić information content (AvgIpc) is 2.43. The predicted octanol–water partition coefficient (Wildman–Crippen LogP) is -0.677. The highest BCUT2D eigenvalue weighted by molar-refractivity contribution is 5.83. The summed E-state index contributed by atoms with van der Waals surface area (Å²) in [5, 5.41) is 1.10. The van der Waals surface area contributed by atoms with Gasteiger partial charge in [-0.1, -0.05) is 6.07 Å². The van der Waals surface area contributed by atoms with Crippen molar-refractivity contribution in [3.8, 4) is 0 Å². The van der Waals surface area contributed by atoms with Crippen LogP contribution in [0.25, 0.3) is 11.0 Å². The van der Waals surface area contributed by atoms with E-state index >= 15 is 0 Å². The molecule has 1 aliphatic rings. The number of likely N-dealkylation sites (N-methyl/N-ethyl adjacent to an activating group) is 1. The summed E-state index contributed by atoms with van der Waals surface area (Å²) < 4.78 is 5.43. The molecule has 0 saturated carbocycles. The number of rotatable bonds is 2. The van der Waals surface area contributed by atoms with Crippen LogP contribution in [0.3, 0.4) is 0 Å². The lowest BCUT2D eigenvalue weighted by Gasteiger charge is -2.27. The maximum atomic E-state index is 11.9. The van der Waals surface area contributed by atoms with Crippen molar-refractivity contribution in [2.75, 3.05) is 33.2 Å². The standard InChI is InChI=1S/C17H22N2O2/c1-12-8-13(2)17-15(9-12)14(10-16(20)21-17)11-19-6-4-18(3)5-7-19/h8-10H,4-7,11H2,1-3H3/p+2. The van der Waals surface area contributed by atoms with Gasteiger partial charge in [0.25, 0.3) is 0 Å². The first kappa shape index (κ1) is 14.3. The second-order valence-corrected chi connectivity index (χ2v) is 6.43. The number of benzene rings is 1. The van der Waals surface area contributed by atoms with E-state index in [-0.39, 0.29) is 5.63 Å². The smallest absolute Gasteiger partial charge is 0.336 e. The van der Waals surface area contributed by atoms with Crippen molar-refractivity contribution < 1.29 is 14.2 Å². The van der Waals surface area contributed by atoms with Crippen molar-refractivity contribution in [2.24, 2.45) is 0 Å². The zero-order chi connectivity index (χ0) is 15.0. The Morgan fingerprint density at radius 3 is 2.52 bits per heavy atom. The molecule has 0 amide bonds. The average molecular weight is 288 g/mol. The third-order valence-electron chi connectivity index (χ3n) is 4.51. The molecule has 0 spiro atoms. The van der Waals surface area contributed by atoms with E-state index in [9.17, 15) is 4.79 Å². The lowest BCUT2D eigenvalue weighted by atomic mass is 10.0. The summed E-state index contributed by atoms with van der Waals surface area (Å²) in [6.07, 6.45) is 0. The normalized spacial score (nSPS) is 22.6. The molecule has 1 aromatic heterocycles. The van der Waals surface area contributed by atoms with E-state index in [1.54, 1.807) is 15.9 Å². The molecule has 0 radical (unpaired) electrons. The third kappa shape index (κ3) is 3.01. The molecule has 2 N–H and O–H groups in total. The minimum Gasteiger partial charge on any atom is -0.422 e. The Kier molecular flexibility index (Phi) is 3.83. The molecule has 0 bridgehead atoms. The maximum absolute atomic E-state index is 11.9. The number of aryl methyl sites for hydroxylation is 2. The highest BCUT2D eigenvalue weighted by atomic mass is 16.4. The van der Waals surface area contributed by atoms with E-state index in [1.807, 2.05) is 6.92 Å². The molecule has 2 aromatic rings. The van der Waals surface area contributed by atoms with Gasteiger partial charge in [-0.05, 0) is 31.0 Å². The number of fused-ring (bicyclic) bond motifs is 1. The van der Waals surface area contributed by atoms with Gasteiger partial charge in [0.1, 0.15) is 38.3 Å². The van der Waals surface area contributed by atoms with Crippen molar-refractivity contribution >= 4 is 11.0 Å². The van der Waals surface area contributed by atoms with Gasteiger partial charge in [-0.25, -0.2) is 4.79 Å². The summed E-state index contributed by atoms with van der Waals surface area (Å²) in [6.45, 7) is 9.75. The first-order chi connectivity index (χ1) is 10.0. The van der Waals surface area contributed by atoms with Crippen molar-refractivity contribution in [2.45, 2.75) is 20.4 Å². The monoisotopic (exact) mass is 288 g/mol. The molecule has 0 aliphatic carbocycles. The zero-order valence-corrected chi connectivity index (χ0v) is 13.1. The molecular formula is C17H24N2O2+2. The van der Waals surface area contributed by atoms with Crippen LogP contribution in [0.5, 0.6) is 0 Å². The fourth-order valence-corrected chi connectivity index (χ4v) is 3.30. The minimum atomic E-state index is -0.233. The SMILES string of the molecule is Cc1cc(C)c2oc(=O)cc(C[NH+]3CC[NH+](C)CC3)c2c1. The van der Waals surface area contributed by atoms with E-state index in [2.05, 4.69) is 26.1 Å². The quantitative estimate of drug-likeness (QED) is 0.719. The second kappa shape index (κ2) is 5.62. The third-order valence-corrected chi connectivity index (χ3v) is 4.51. The number of hydrogen-bond donors (Lipinski definition) is 2. The fourth-order valence-electron chi connectivity index (χ4n) is 3.30. The fraction of sp³-hybridized carbons (Fsp3) is 0.471. The molecule has 1 aromatic carbocycles. The first-order valence-electron chi connectivity index (χ1n) is 7.72. The summed E-state index contributed by atoms with van der Waals surface area (Å²) in [7, 11) is 2.25. The number of quaternary nitrogens is 2. The summed E-state index contributed by atoms with van der Waals surface area (Å²) >= 11 is 0. The Morgan fingerprint density at radius 2 is 1.81 bits per heavy atom. The van der Waals surface area contributed by atoms with Gasteiger partial charge in [-0.3, -0.25) is 0 Å². The van der Waals surface area contributed by atoms with E-state index in [0.717, 1.165) is 28.6 Å². The highest BCUT2D eigenvalue weighted by Gasteiger charge is 2.21.